The van der Waals surface area contributed by atoms with Gasteiger partial charge in [-0.05, 0) is 25.0 Å². The summed E-state index contributed by atoms with van der Waals surface area (Å²) in [5, 5.41) is 0.668. The Bertz CT molecular complexity index is 802. The Morgan fingerprint density at radius 1 is 1.26 bits per heavy atom. The Balaban J connectivity index is 1.32. The molecule has 6 heteroatoms. The fraction of sp³-hybridized carbons (Fsp3) is 0.524. The lowest BCUT2D eigenvalue weighted by atomic mass is 9.88. The van der Waals surface area contributed by atoms with Gasteiger partial charge in [0.25, 0.3) is 0 Å². The number of Topliss-reactive ketones (excluding diaryl/α,β-unsaturated/α-hetero) is 1. The lowest BCUT2D eigenvalue weighted by molar-refractivity contribution is -0.140. The molecule has 0 N–H and O–H groups in total. The summed E-state index contributed by atoms with van der Waals surface area (Å²) in [7, 11) is 0. The van der Waals surface area contributed by atoms with Crippen molar-refractivity contribution in [1.29, 1.82) is 0 Å². The maximum absolute atomic E-state index is 12.7. The van der Waals surface area contributed by atoms with Crippen LogP contribution in [-0.4, -0.2) is 60.5 Å². The molecule has 5 nitrogen and oxygen atoms in total. The average Bonchev–Trinajstić information content (AvgIpc) is 2.61. The maximum atomic E-state index is 12.7. The Hall–Kier alpha value is -2.03. The molecule has 2 atom stereocenters. The van der Waals surface area contributed by atoms with E-state index in [1.165, 1.54) is 0 Å². The number of halogens is 1. The molecule has 0 radical (unpaired) electrons. The monoisotopic (exact) mass is 386 g/mol. The van der Waals surface area contributed by atoms with Gasteiger partial charge in [-0.3, -0.25) is 4.79 Å². The number of piperidine rings is 1. The van der Waals surface area contributed by atoms with Gasteiger partial charge in [-0.25, -0.2) is 4.79 Å². The van der Waals surface area contributed by atoms with Gasteiger partial charge in [0.15, 0.2) is 5.78 Å². The van der Waals surface area contributed by atoms with Crippen molar-refractivity contribution in [1.82, 2.24) is 9.80 Å². The van der Waals surface area contributed by atoms with E-state index >= 15 is 0 Å². The Morgan fingerprint density at radius 2 is 2.07 bits per heavy atom. The molecule has 0 bridgehead atoms. The SMILES string of the molecule is Cc1cccc(Cl)c1C#CC1CN(C(=O)N2CC[C@@H]3OCC(=O)C[C@@H]3C2)C1. The van der Waals surface area contributed by atoms with E-state index in [1.54, 1.807) is 0 Å². The van der Waals surface area contributed by atoms with Gasteiger partial charge in [-0.2, -0.15) is 0 Å². The van der Waals surface area contributed by atoms with Gasteiger partial charge in [0, 0.05) is 44.1 Å². The number of fused-ring (bicyclic) bond motifs is 1. The molecule has 0 saturated carbocycles. The van der Waals surface area contributed by atoms with Crippen LogP contribution in [0.3, 0.4) is 0 Å². The number of ether oxygens (including phenoxy) is 1. The van der Waals surface area contributed by atoms with Crippen molar-refractivity contribution in [2.24, 2.45) is 11.8 Å². The van der Waals surface area contributed by atoms with Crippen molar-refractivity contribution in [3.05, 3.63) is 34.3 Å². The number of carbonyl (C=O) groups excluding carboxylic acids is 2. The zero-order valence-electron chi connectivity index (χ0n) is 15.4. The fourth-order valence-corrected chi connectivity index (χ4v) is 4.31. The Labute approximate surface area is 164 Å². The summed E-state index contributed by atoms with van der Waals surface area (Å²) in [4.78, 5) is 28.0. The second kappa shape index (κ2) is 7.53. The summed E-state index contributed by atoms with van der Waals surface area (Å²) >= 11 is 6.21. The number of aryl methyl sites for hydroxylation is 1. The molecular weight excluding hydrogens is 364 g/mol. The number of hydrogen-bond acceptors (Lipinski definition) is 3. The van der Waals surface area contributed by atoms with Gasteiger partial charge >= 0.3 is 6.03 Å². The molecule has 0 unspecified atom stereocenters. The second-order valence-corrected chi connectivity index (χ2v) is 8.08. The van der Waals surface area contributed by atoms with E-state index in [0.29, 0.717) is 37.6 Å². The van der Waals surface area contributed by atoms with Crippen LogP contribution in [0.15, 0.2) is 18.2 Å². The van der Waals surface area contributed by atoms with Crippen LogP contribution in [0, 0.1) is 30.6 Å². The highest BCUT2D eigenvalue weighted by molar-refractivity contribution is 6.31. The quantitative estimate of drug-likeness (QED) is 0.644. The normalized spacial score (nSPS) is 25.3. The average molecular weight is 387 g/mol. The number of ketones is 1. The smallest absolute Gasteiger partial charge is 0.320 e. The summed E-state index contributed by atoms with van der Waals surface area (Å²) in [6, 6.07) is 5.81. The van der Waals surface area contributed by atoms with Crippen LogP contribution in [0.2, 0.25) is 5.02 Å². The second-order valence-electron chi connectivity index (χ2n) is 7.67. The molecule has 1 aromatic carbocycles. The first-order valence-electron chi connectivity index (χ1n) is 9.45. The number of hydrogen-bond donors (Lipinski definition) is 0. The zero-order valence-corrected chi connectivity index (χ0v) is 16.2. The van der Waals surface area contributed by atoms with Crippen molar-refractivity contribution in [3.8, 4) is 11.8 Å². The van der Waals surface area contributed by atoms with Crippen molar-refractivity contribution in [2.75, 3.05) is 32.8 Å². The van der Waals surface area contributed by atoms with E-state index in [0.717, 1.165) is 17.5 Å². The van der Waals surface area contributed by atoms with E-state index in [1.807, 2.05) is 34.9 Å². The van der Waals surface area contributed by atoms with Gasteiger partial charge in [-0.1, -0.05) is 35.6 Å². The lowest BCUT2D eigenvalue weighted by Gasteiger charge is -2.45. The molecule has 142 valence electrons. The van der Waals surface area contributed by atoms with E-state index in [9.17, 15) is 9.59 Å². The van der Waals surface area contributed by atoms with Crippen molar-refractivity contribution in [2.45, 2.75) is 25.9 Å². The van der Waals surface area contributed by atoms with E-state index in [4.69, 9.17) is 16.3 Å². The van der Waals surface area contributed by atoms with Gasteiger partial charge in [-0.15, -0.1) is 0 Å². The summed E-state index contributed by atoms with van der Waals surface area (Å²) in [5.74, 6) is 6.88. The standard InChI is InChI=1S/C21H23ClN2O3/c1-14-3-2-4-19(22)18(14)6-5-15-10-24(11-15)21(26)23-8-7-20-16(12-23)9-17(25)13-27-20/h2-4,15-16,20H,7-13H2,1H3/t16-,20+/m1/s1. The Morgan fingerprint density at radius 3 is 2.85 bits per heavy atom. The molecule has 3 aliphatic rings. The summed E-state index contributed by atoms with van der Waals surface area (Å²) in [6.07, 6.45) is 1.47. The van der Waals surface area contributed by atoms with Gasteiger partial charge < -0.3 is 14.5 Å². The number of amides is 2. The van der Waals surface area contributed by atoms with Crippen LogP contribution < -0.4 is 0 Å². The first kappa shape index (κ1) is 18.3. The molecule has 3 saturated heterocycles. The minimum absolute atomic E-state index is 0.0541. The van der Waals surface area contributed by atoms with Gasteiger partial charge in [0.2, 0.25) is 0 Å². The third-order valence-corrected chi connectivity index (χ3v) is 5.97. The van der Waals surface area contributed by atoms with E-state index in [-0.39, 0.29) is 36.4 Å². The maximum Gasteiger partial charge on any atom is 0.320 e. The molecule has 0 aliphatic carbocycles. The summed E-state index contributed by atoms with van der Waals surface area (Å²) in [6.45, 7) is 4.83. The summed E-state index contributed by atoms with van der Waals surface area (Å²) in [5.41, 5.74) is 1.93. The predicted octanol–water partition coefficient (Wildman–Crippen LogP) is 2.73. The molecule has 1 aromatic rings. The van der Waals surface area contributed by atoms with Crippen LogP contribution in [0.1, 0.15) is 24.0 Å². The predicted molar refractivity (Wildman–Crippen MR) is 103 cm³/mol. The number of urea groups is 1. The molecular formula is C21H23ClN2O3. The van der Waals surface area contributed by atoms with Crippen LogP contribution in [-0.2, 0) is 9.53 Å². The van der Waals surface area contributed by atoms with Crippen molar-refractivity contribution >= 4 is 23.4 Å². The van der Waals surface area contributed by atoms with Crippen LogP contribution in [0.25, 0.3) is 0 Å². The first-order valence-corrected chi connectivity index (χ1v) is 9.83. The summed E-state index contributed by atoms with van der Waals surface area (Å²) < 4.78 is 5.60. The number of benzene rings is 1. The minimum Gasteiger partial charge on any atom is -0.370 e. The first-order chi connectivity index (χ1) is 13.0. The van der Waals surface area contributed by atoms with Crippen LogP contribution in [0.5, 0.6) is 0 Å². The largest absolute Gasteiger partial charge is 0.370 e. The molecule has 27 heavy (non-hydrogen) atoms. The van der Waals surface area contributed by atoms with Gasteiger partial charge in [0.05, 0.1) is 17.0 Å². The molecule has 0 spiro atoms. The van der Waals surface area contributed by atoms with Crippen molar-refractivity contribution < 1.29 is 14.3 Å². The highest BCUT2D eigenvalue weighted by Crippen LogP contribution is 2.29. The van der Waals surface area contributed by atoms with Gasteiger partial charge in [0.1, 0.15) is 6.61 Å². The highest BCUT2D eigenvalue weighted by atomic mass is 35.5. The molecule has 3 fully saturated rings. The third kappa shape index (κ3) is 3.83. The molecule has 3 heterocycles. The topological polar surface area (TPSA) is 49.9 Å². The number of nitrogens with zero attached hydrogens (tertiary/aromatic N) is 2. The number of rotatable bonds is 0. The van der Waals surface area contributed by atoms with Crippen LogP contribution in [0.4, 0.5) is 4.79 Å². The highest BCUT2D eigenvalue weighted by Gasteiger charge is 2.39. The lowest BCUT2D eigenvalue weighted by Crippen LogP contribution is -2.58. The Kier molecular flexibility index (Phi) is 5.12. The van der Waals surface area contributed by atoms with E-state index < -0.39 is 0 Å². The fourth-order valence-electron chi connectivity index (χ4n) is 4.04. The van der Waals surface area contributed by atoms with E-state index in [2.05, 4.69) is 11.8 Å². The minimum atomic E-state index is 0.0541. The molecule has 0 aromatic heterocycles. The molecule has 3 aliphatic heterocycles. The zero-order chi connectivity index (χ0) is 19.0. The van der Waals surface area contributed by atoms with Crippen LogP contribution >= 0.6 is 11.6 Å². The third-order valence-electron chi connectivity index (χ3n) is 5.66. The number of carbonyl (C=O) groups is 2. The number of likely N-dealkylation sites (tertiary alicyclic amines) is 2. The molecule has 4 rings (SSSR count). The molecule has 2 amide bonds. The van der Waals surface area contributed by atoms with Crippen molar-refractivity contribution in [3.63, 3.8) is 0 Å².